The van der Waals surface area contributed by atoms with Crippen LogP contribution in [-0.2, 0) is 14.6 Å². The number of nitrogens with zero attached hydrogens (tertiary/aromatic N) is 2. The van der Waals surface area contributed by atoms with Crippen molar-refractivity contribution in [2.45, 2.75) is 0 Å². The van der Waals surface area contributed by atoms with Gasteiger partial charge in [0.2, 0.25) is 0 Å². The van der Waals surface area contributed by atoms with E-state index in [2.05, 4.69) is 20.5 Å². The highest BCUT2D eigenvalue weighted by Crippen LogP contribution is 2.02. The molecule has 0 atom stereocenters. The Morgan fingerprint density at radius 3 is 2.47 bits per heavy atom. The maximum atomic E-state index is 11.3. The molecule has 0 radical (unpaired) electrons. The summed E-state index contributed by atoms with van der Waals surface area (Å²) in [5, 5.41) is 6.31. The average molecular weight is 292 g/mol. The summed E-state index contributed by atoms with van der Waals surface area (Å²) in [6.45, 7) is 4.15. The lowest BCUT2D eigenvalue weighted by Crippen LogP contribution is -2.46. The molecule has 19 heavy (non-hydrogen) atoms. The molecule has 0 saturated carbocycles. The van der Waals surface area contributed by atoms with Crippen molar-refractivity contribution in [2.75, 3.05) is 65.0 Å². The summed E-state index contributed by atoms with van der Waals surface area (Å²) in [5.41, 5.74) is 0. The maximum Gasteiger partial charge on any atom is 0.191 e. The third-order valence-electron chi connectivity index (χ3n) is 2.98. The van der Waals surface area contributed by atoms with E-state index in [4.69, 9.17) is 4.74 Å². The van der Waals surface area contributed by atoms with Gasteiger partial charge in [0, 0.05) is 46.9 Å². The number of hydrogen-bond donors (Lipinski definition) is 2. The minimum atomic E-state index is -2.79. The normalized spacial score (nSPS) is 20.2. The lowest BCUT2D eigenvalue weighted by molar-refractivity contribution is 0.203. The molecule has 0 aromatic carbocycles. The van der Waals surface area contributed by atoms with Gasteiger partial charge in [0.05, 0.1) is 18.1 Å². The summed E-state index contributed by atoms with van der Waals surface area (Å²) in [6.07, 6.45) is 0. The summed E-state index contributed by atoms with van der Waals surface area (Å²) in [5.74, 6) is 1.28. The van der Waals surface area contributed by atoms with Gasteiger partial charge >= 0.3 is 0 Å². The van der Waals surface area contributed by atoms with Gasteiger partial charge in [-0.3, -0.25) is 9.89 Å². The zero-order valence-electron chi connectivity index (χ0n) is 11.7. The van der Waals surface area contributed by atoms with E-state index in [1.165, 1.54) is 0 Å². The molecule has 1 rings (SSSR count). The third-order valence-corrected chi connectivity index (χ3v) is 4.59. The average Bonchev–Trinajstić information content (AvgIpc) is 2.39. The van der Waals surface area contributed by atoms with Gasteiger partial charge in [-0.1, -0.05) is 0 Å². The number of hydrogen-bond acceptors (Lipinski definition) is 5. The number of rotatable bonds is 6. The van der Waals surface area contributed by atoms with Gasteiger partial charge in [-0.25, -0.2) is 8.42 Å². The molecule has 0 amide bonds. The molecule has 2 N–H and O–H groups in total. The quantitative estimate of drug-likeness (QED) is 0.353. The van der Waals surface area contributed by atoms with Crippen molar-refractivity contribution in [1.82, 2.24) is 15.5 Å². The van der Waals surface area contributed by atoms with Crippen molar-refractivity contribution in [3.05, 3.63) is 0 Å². The van der Waals surface area contributed by atoms with Crippen LogP contribution in [0.1, 0.15) is 0 Å². The summed E-state index contributed by atoms with van der Waals surface area (Å²) in [4.78, 5) is 6.24. The van der Waals surface area contributed by atoms with Crippen molar-refractivity contribution in [3.8, 4) is 0 Å². The molecule has 7 nitrogen and oxygen atoms in total. The van der Waals surface area contributed by atoms with E-state index < -0.39 is 9.84 Å². The fourth-order valence-electron chi connectivity index (χ4n) is 1.80. The van der Waals surface area contributed by atoms with E-state index in [1.54, 1.807) is 14.2 Å². The Hall–Kier alpha value is -0.860. The molecule has 0 spiro atoms. The van der Waals surface area contributed by atoms with Gasteiger partial charge in [0.15, 0.2) is 15.8 Å². The molecule has 1 aliphatic rings. The van der Waals surface area contributed by atoms with Gasteiger partial charge in [-0.05, 0) is 0 Å². The van der Waals surface area contributed by atoms with Crippen LogP contribution in [0.4, 0.5) is 0 Å². The van der Waals surface area contributed by atoms with Gasteiger partial charge in [-0.15, -0.1) is 0 Å². The van der Waals surface area contributed by atoms with Crippen LogP contribution in [0.15, 0.2) is 4.99 Å². The monoisotopic (exact) mass is 292 g/mol. The molecule has 112 valence electrons. The standard InChI is InChI=1S/C11H24N4O3S/c1-12-11(14-4-8-18-2)13-3-5-15-6-9-19(16,17)10-7-15/h3-10H2,1-2H3,(H2,12,13,14). The van der Waals surface area contributed by atoms with Crippen LogP contribution in [0.25, 0.3) is 0 Å². The molecule has 1 heterocycles. The highest BCUT2D eigenvalue weighted by Gasteiger charge is 2.20. The Labute approximate surface area is 115 Å². The van der Waals surface area contributed by atoms with Crippen molar-refractivity contribution >= 4 is 15.8 Å². The Morgan fingerprint density at radius 1 is 1.26 bits per heavy atom. The number of aliphatic imine (C=N–C) groups is 1. The predicted molar refractivity (Wildman–Crippen MR) is 76.3 cm³/mol. The van der Waals surface area contributed by atoms with E-state index in [9.17, 15) is 8.42 Å². The first-order valence-corrected chi connectivity index (χ1v) is 8.26. The second-order valence-corrected chi connectivity index (χ2v) is 6.72. The van der Waals surface area contributed by atoms with Gasteiger partial charge in [-0.2, -0.15) is 0 Å². The zero-order valence-corrected chi connectivity index (χ0v) is 12.5. The summed E-state index contributed by atoms with van der Waals surface area (Å²) >= 11 is 0. The summed E-state index contributed by atoms with van der Waals surface area (Å²) < 4.78 is 27.5. The molecular formula is C11H24N4O3S. The van der Waals surface area contributed by atoms with Crippen molar-refractivity contribution in [3.63, 3.8) is 0 Å². The zero-order chi connectivity index (χ0) is 14.1. The first kappa shape index (κ1) is 16.2. The number of nitrogens with one attached hydrogen (secondary N) is 2. The Bertz CT molecular complexity index is 369. The predicted octanol–water partition coefficient (Wildman–Crippen LogP) is -1.47. The summed E-state index contributed by atoms with van der Waals surface area (Å²) in [7, 11) is 0.584. The third kappa shape index (κ3) is 6.74. The fraction of sp³-hybridized carbons (Fsp3) is 0.909. The van der Waals surface area contributed by atoms with Crippen LogP contribution < -0.4 is 10.6 Å². The van der Waals surface area contributed by atoms with Crippen molar-refractivity contribution < 1.29 is 13.2 Å². The van der Waals surface area contributed by atoms with Crippen LogP contribution in [-0.4, -0.2) is 84.3 Å². The minimum absolute atomic E-state index is 0.272. The highest BCUT2D eigenvalue weighted by atomic mass is 32.2. The fourth-order valence-corrected chi connectivity index (χ4v) is 3.08. The lowest BCUT2D eigenvalue weighted by atomic mass is 10.4. The molecule has 0 bridgehead atoms. The Balaban J connectivity index is 2.15. The number of ether oxygens (including phenoxy) is 1. The summed E-state index contributed by atoms with van der Waals surface area (Å²) in [6, 6.07) is 0. The van der Waals surface area contributed by atoms with E-state index in [1.807, 2.05) is 0 Å². The topological polar surface area (TPSA) is 83.0 Å². The van der Waals surface area contributed by atoms with Crippen LogP contribution in [0.2, 0.25) is 0 Å². The minimum Gasteiger partial charge on any atom is -0.383 e. The molecule has 1 fully saturated rings. The molecule has 8 heteroatoms. The molecule has 0 unspecified atom stereocenters. The molecule has 1 aliphatic heterocycles. The van der Waals surface area contributed by atoms with Gasteiger partial charge in [0.1, 0.15) is 0 Å². The molecular weight excluding hydrogens is 268 g/mol. The Kier molecular flexibility index (Phi) is 7.11. The Morgan fingerprint density at radius 2 is 1.89 bits per heavy atom. The molecule has 0 aliphatic carbocycles. The van der Waals surface area contributed by atoms with Crippen molar-refractivity contribution in [1.29, 1.82) is 0 Å². The van der Waals surface area contributed by atoms with E-state index in [-0.39, 0.29) is 11.5 Å². The number of sulfone groups is 1. The largest absolute Gasteiger partial charge is 0.383 e. The maximum absolute atomic E-state index is 11.3. The smallest absolute Gasteiger partial charge is 0.191 e. The van der Waals surface area contributed by atoms with Crippen molar-refractivity contribution in [2.24, 2.45) is 4.99 Å². The lowest BCUT2D eigenvalue weighted by Gasteiger charge is -2.26. The van der Waals surface area contributed by atoms with E-state index in [0.29, 0.717) is 26.2 Å². The van der Waals surface area contributed by atoms with Crippen LogP contribution in [0, 0.1) is 0 Å². The van der Waals surface area contributed by atoms with Gasteiger partial charge in [0.25, 0.3) is 0 Å². The highest BCUT2D eigenvalue weighted by molar-refractivity contribution is 7.91. The second kappa shape index (κ2) is 8.34. The molecule has 0 aromatic heterocycles. The van der Waals surface area contributed by atoms with Gasteiger partial charge < -0.3 is 15.4 Å². The second-order valence-electron chi connectivity index (χ2n) is 4.41. The number of methoxy groups -OCH3 is 1. The molecule has 0 aromatic rings. The number of guanidine groups is 1. The van der Waals surface area contributed by atoms with E-state index in [0.717, 1.165) is 19.0 Å². The first-order chi connectivity index (χ1) is 9.07. The van der Waals surface area contributed by atoms with Crippen LogP contribution in [0.5, 0.6) is 0 Å². The van der Waals surface area contributed by atoms with Crippen LogP contribution in [0.3, 0.4) is 0 Å². The van der Waals surface area contributed by atoms with E-state index >= 15 is 0 Å². The first-order valence-electron chi connectivity index (χ1n) is 6.43. The SMILES string of the molecule is CN=C(NCCOC)NCCN1CCS(=O)(=O)CC1. The van der Waals surface area contributed by atoms with Crippen LogP contribution >= 0.6 is 0 Å². The molecule has 1 saturated heterocycles.